The molecule has 0 unspecified atom stereocenters. The molecule has 0 radical (unpaired) electrons. The van der Waals surface area contributed by atoms with E-state index in [0.717, 1.165) is 0 Å². The average molecular weight is 572 g/mol. The quantitative estimate of drug-likeness (QED) is 0.119. The number of benzene rings is 3. The highest BCUT2D eigenvalue weighted by Gasteiger charge is 2.31. The minimum Gasteiger partial charge on any atom is -0.481 e. The molecule has 0 heterocycles. The highest BCUT2D eigenvalue weighted by atomic mass is 16.4. The number of hydrogen-bond donors (Lipinski definition) is 5. The molecule has 42 heavy (non-hydrogen) atoms. The van der Waals surface area contributed by atoms with E-state index in [1.165, 1.54) is 24.3 Å². The van der Waals surface area contributed by atoms with Crippen molar-refractivity contribution in [2.24, 2.45) is 5.92 Å². The highest BCUT2D eigenvalue weighted by molar-refractivity contribution is 6.30. The zero-order valence-corrected chi connectivity index (χ0v) is 22.5. The summed E-state index contributed by atoms with van der Waals surface area (Å²) < 4.78 is 0. The van der Waals surface area contributed by atoms with E-state index in [2.05, 4.69) is 16.0 Å². The van der Waals surface area contributed by atoms with E-state index in [4.69, 9.17) is 10.2 Å². The van der Waals surface area contributed by atoms with Crippen molar-refractivity contribution in [3.8, 4) is 0 Å². The summed E-state index contributed by atoms with van der Waals surface area (Å²) in [6, 6.07) is 18.0. The Hall–Kier alpha value is -5.32. The third kappa shape index (κ3) is 7.05. The molecule has 0 fully saturated rings. The van der Waals surface area contributed by atoms with Crippen LogP contribution in [0.5, 0.6) is 0 Å². The first-order valence-corrected chi connectivity index (χ1v) is 13.3. The second-order valence-corrected chi connectivity index (χ2v) is 9.74. The van der Waals surface area contributed by atoms with Crippen LogP contribution in [0.1, 0.15) is 56.7 Å². The Bertz CT molecular complexity index is 1530. The van der Waals surface area contributed by atoms with Gasteiger partial charge in [-0.2, -0.15) is 0 Å². The number of nitrogens with one attached hydrogen (secondary N) is 3. The number of carbonyl (C=O) groups is 6. The van der Waals surface area contributed by atoms with Crippen molar-refractivity contribution < 1.29 is 39.0 Å². The van der Waals surface area contributed by atoms with Crippen LogP contribution in [-0.4, -0.2) is 58.6 Å². The first-order valence-electron chi connectivity index (χ1n) is 13.3. The molecule has 11 heteroatoms. The van der Waals surface area contributed by atoms with Crippen molar-refractivity contribution in [3.05, 3.63) is 94.5 Å². The molecule has 5 N–H and O–H groups in total. The summed E-state index contributed by atoms with van der Waals surface area (Å²) in [5.41, 5.74) is 2.96. The number of anilines is 2. The van der Waals surface area contributed by atoms with E-state index in [1.807, 2.05) is 0 Å². The Kier molecular flexibility index (Phi) is 9.43. The maximum absolute atomic E-state index is 13.1. The van der Waals surface area contributed by atoms with E-state index < -0.39 is 17.9 Å². The van der Waals surface area contributed by atoms with Gasteiger partial charge in [-0.3, -0.25) is 28.8 Å². The molecule has 4 rings (SSSR count). The summed E-state index contributed by atoms with van der Waals surface area (Å²) in [5, 5.41) is 26.6. The number of fused-ring (bicyclic) bond motifs is 2. The minimum atomic E-state index is -1.56. The van der Waals surface area contributed by atoms with Gasteiger partial charge in [-0.05, 0) is 36.6 Å². The number of amides is 2. The summed E-state index contributed by atoms with van der Waals surface area (Å²) in [6.07, 6.45) is 0.268. The number of hydrogen-bond acceptors (Lipinski definition) is 7. The number of carboxylic acids is 2. The van der Waals surface area contributed by atoms with Gasteiger partial charge >= 0.3 is 11.9 Å². The molecule has 2 amide bonds. The number of ketones is 2. The van der Waals surface area contributed by atoms with Crippen LogP contribution in [0.3, 0.4) is 0 Å². The number of carbonyl (C=O) groups excluding carboxylic acids is 4. The first kappa shape index (κ1) is 29.7. The Morgan fingerprint density at radius 3 is 1.98 bits per heavy atom. The van der Waals surface area contributed by atoms with Gasteiger partial charge in [0.25, 0.3) is 0 Å². The molecule has 0 saturated heterocycles. The third-order valence-electron chi connectivity index (χ3n) is 6.80. The fraction of sp³-hybridized carbons (Fsp3) is 0.226. The van der Waals surface area contributed by atoms with Crippen LogP contribution in [0.2, 0.25) is 0 Å². The molecule has 3 aromatic rings. The smallest absolute Gasteiger partial charge is 0.318 e. The third-order valence-corrected chi connectivity index (χ3v) is 6.80. The number of aliphatic carboxylic acids is 2. The first-order chi connectivity index (χ1) is 20.2. The van der Waals surface area contributed by atoms with E-state index in [0.29, 0.717) is 58.7 Å². The van der Waals surface area contributed by atoms with E-state index in [9.17, 15) is 28.8 Å². The van der Waals surface area contributed by atoms with Gasteiger partial charge in [-0.15, -0.1) is 0 Å². The fourth-order valence-electron chi connectivity index (χ4n) is 4.61. The van der Waals surface area contributed by atoms with Crippen LogP contribution in [0.15, 0.2) is 66.7 Å². The van der Waals surface area contributed by atoms with Crippen LogP contribution >= 0.6 is 0 Å². The largest absolute Gasteiger partial charge is 0.481 e. The molecule has 11 nitrogen and oxygen atoms in total. The lowest BCUT2D eigenvalue weighted by atomic mass is 9.83. The summed E-state index contributed by atoms with van der Waals surface area (Å²) in [5.74, 6) is -5.50. The summed E-state index contributed by atoms with van der Waals surface area (Å²) in [4.78, 5) is 72.5. The van der Waals surface area contributed by atoms with Crippen molar-refractivity contribution >= 4 is 46.7 Å². The number of rotatable bonds is 13. The molecule has 0 aliphatic heterocycles. The molecule has 3 aromatic carbocycles. The second kappa shape index (κ2) is 13.4. The zero-order chi connectivity index (χ0) is 30.2. The molecule has 0 spiro atoms. The topological polar surface area (TPSA) is 179 Å². The Labute approximate surface area is 240 Å². The fourth-order valence-corrected chi connectivity index (χ4v) is 4.61. The molecular formula is C31H29N3O8. The van der Waals surface area contributed by atoms with Crippen molar-refractivity contribution in [1.82, 2.24) is 5.32 Å². The van der Waals surface area contributed by atoms with E-state index >= 15 is 0 Å². The summed E-state index contributed by atoms with van der Waals surface area (Å²) >= 11 is 0. The van der Waals surface area contributed by atoms with Crippen LogP contribution < -0.4 is 16.0 Å². The monoisotopic (exact) mass is 571 g/mol. The predicted octanol–water partition coefficient (Wildman–Crippen LogP) is 3.13. The minimum absolute atomic E-state index is 0.0293. The summed E-state index contributed by atoms with van der Waals surface area (Å²) in [6.45, 7) is 0.781. The van der Waals surface area contributed by atoms with Crippen LogP contribution in [0.4, 0.5) is 11.4 Å². The van der Waals surface area contributed by atoms with Gasteiger partial charge in [-0.25, -0.2) is 0 Å². The molecule has 0 bridgehead atoms. The van der Waals surface area contributed by atoms with Gasteiger partial charge < -0.3 is 26.2 Å². The molecule has 0 saturated carbocycles. The van der Waals surface area contributed by atoms with Gasteiger partial charge in [0, 0.05) is 54.0 Å². The van der Waals surface area contributed by atoms with Crippen molar-refractivity contribution in [3.63, 3.8) is 0 Å². The van der Waals surface area contributed by atoms with Crippen LogP contribution in [0, 0.1) is 5.92 Å². The molecular weight excluding hydrogens is 542 g/mol. The van der Waals surface area contributed by atoms with Gasteiger partial charge in [0.1, 0.15) is 0 Å². The Morgan fingerprint density at radius 2 is 1.31 bits per heavy atom. The number of carboxylic acid groups (broad SMARTS) is 2. The van der Waals surface area contributed by atoms with Crippen molar-refractivity contribution in [2.45, 2.75) is 25.7 Å². The molecule has 0 aromatic heterocycles. The lowest BCUT2D eigenvalue weighted by molar-refractivity contribution is -0.154. The average Bonchev–Trinajstić information content (AvgIpc) is 2.97. The van der Waals surface area contributed by atoms with Crippen LogP contribution in [0.25, 0.3) is 0 Å². The van der Waals surface area contributed by atoms with Crippen molar-refractivity contribution in [2.75, 3.05) is 23.7 Å². The Morgan fingerprint density at radius 1 is 0.690 bits per heavy atom. The summed E-state index contributed by atoms with van der Waals surface area (Å²) in [7, 11) is 0. The lowest BCUT2D eigenvalue weighted by Crippen LogP contribution is -2.27. The molecule has 1 aliphatic rings. The molecule has 216 valence electrons. The van der Waals surface area contributed by atoms with Crippen molar-refractivity contribution in [1.29, 1.82) is 0 Å². The predicted molar refractivity (Wildman–Crippen MR) is 153 cm³/mol. The zero-order valence-electron chi connectivity index (χ0n) is 22.5. The standard InChI is InChI=1S/C31H29N3O8/c35-25(13-14-26(36)34-19-11-9-18(10-12-19)17-23(30(39)40)31(41)42)33-16-4-15-32-24-8-3-7-22-27(24)29(38)21-6-2-1-5-20(21)28(22)37/h1-3,5-12,23,32H,4,13-17H2,(H,33,35)(H,34,36)(H,39,40)(H,41,42). The Balaban J connectivity index is 1.17. The second-order valence-electron chi connectivity index (χ2n) is 9.74. The van der Waals surface area contributed by atoms with Gasteiger partial charge in [0.2, 0.25) is 11.8 Å². The normalized spacial score (nSPS) is 11.8. The maximum atomic E-state index is 13.1. The van der Waals surface area contributed by atoms with Crippen LogP contribution in [-0.2, 0) is 25.6 Å². The van der Waals surface area contributed by atoms with E-state index in [1.54, 1.807) is 42.5 Å². The van der Waals surface area contributed by atoms with Gasteiger partial charge in [-0.1, -0.05) is 48.5 Å². The van der Waals surface area contributed by atoms with E-state index in [-0.39, 0.29) is 42.6 Å². The SMILES string of the molecule is O=C(CCC(=O)Nc1ccc(CC(C(=O)O)C(=O)O)cc1)NCCCNc1cccc2c1C(=O)c1ccccc1C2=O. The van der Waals surface area contributed by atoms with Gasteiger partial charge in [0.15, 0.2) is 17.5 Å². The molecule has 1 aliphatic carbocycles. The molecule has 0 atom stereocenters. The maximum Gasteiger partial charge on any atom is 0.318 e. The van der Waals surface area contributed by atoms with Gasteiger partial charge in [0.05, 0.1) is 5.56 Å². The lowest BCUT2D eigenvalue weighted by Gasteiger charge is -2.20. The highest BCUT2D eigenvalue weighted by Crippen LogP contribution is 2.31.